The second kappa shape index (κ2) is 5.24. The minimum absolute atomic E-state index is 0.0699. The van der Waals surface area contributed by atoms with Crippen LogP contribution in [0.15, 0.2) is 24.3 Å². The summed E-state index contributed by atoms with van der Waals surface area (Å²) in [5.74, 6) is 1.01. The van der Waals surface area contributed by atoms with Crippen molar-refractivity contribution in [1.82, 2.24) is 9.97 Å². The first-order valence-corrected chi connectivity index (χ1v) is 7.04. The Morgan fingerprint density at radius 1 is 1.24 bits per heavy atom. The van der Waals surface area contributed by atoms with Crippen LogP contribution in [0.2, 0.25) is 0 Å². The zero-order chi connectivity index (χ0) is 15.0. The summed E-state index contributed by atoms with van der Waals surface area (Å²) in [4.78, 5) is 22.8. The standard InChI is InChI=1S/C16H16FN3O/c1-3-8-20-14(21)9-13-10(2)18-15(19-16(13)20)11-4-6-12(17)7-5-11/h4-7H,3,8-9H2,1-2H3. The van der Waals surface area contributed by atoms with E-state index in [0.29, 0.717) is 24.6 Å². The van der Waals surface area contributed by atoms with Gasteiger partial charge >= 0.3 is 0 Å². The van der Waals surface area contributed by atoms with Gasteiger partial charge in [0, 0.05) is 23.4 Å². The highest BCUT2D eigenvalue weighted by Gasteiger charge is 2.30. The Balaban J connectivity index is 2.08. The van der Waals surface area contributed by atoms with Crippen molar-refractivity contribution in [3.8, 4) is 11.4 Å². The number of carbonyl (C=O) groups excluding carboxylic acids is 1. The molecule has 21 heavy (non-hydrogen) atoms. The molecule has 0 saturated carbocycles. The Labute approximate surface area is 122 Å². The molecule has 0 fully saturated rings. The highest BCUT2D eigenvalue weighted by Crippen LogP contribution is 2.31. The predicted octanol–water partition coefficient (Wildman–Crippen LogP) is 2.89. The van der Waals surface area contributed by atoms with Gasteiger partial charge in [-0.3, -0.25) is 9.69 Å². The molecule has 0 aliphatic carbocycles. The van der Waals surface area contributed by atoms with E-state index in [0.717, 1.165) is 23.2 Å². The molecule has 1 aromatic carbocycles. The third kappa shape index (κ3) is 2.39. The highest BCUT2D eigenvalue weighted by atomic mass is 19.1. The van der Waals surface area contributed by atoms with Crippen molar-refractivity contribution in [1.29, 1.82) is 0 Å². The number of amides is 1. The number of anilines is 1. The molecule has 0 saturated heterocycles. The Bertz CT molecular complexity index is 697. The van der Waals surface area contributed by atoms with Crippen molar-refractivity contribution in [3.05, 3.63) is 41.3 Å². The minimum atomic E-state index is -0.292. The summed E-state index contributed by atoms with van der Waals surface area (Å²) >= 11 is 0. The second-order valence-electron chi connectivity index (χ2n) is 5.16. The normalized spacial score (nSPS) is 13.7. The van der Waals surface area contributed by atoms with Crippen LogP contribution in [-0.4, -0.2) is 22.4 Å². The van der Waals surface area contributed by atoms with Crippen LogP contribution in [0.1, 0.15) is 24.6 Å². The molecule has 0 unspecified atom stereocenters. The molecule has 0 N–H and O–H groups in total. The van der Waals surface area contributed by atoms with Crippen molar-refractivity contribution in [3.63, 3.8) is 0 Å². The topological polar surface area (TPSA) is 46.1 Å². The molecule has 0 atom stereocenters. The monoisotopic (exact) mass is 285 g/mol. The number of hydrogen-bond acceptors (Lipinski definition) is 3. The van der Waals surface area contributed by atoms with E-state index in [9.17, 15) is 9.18 Å². The van der Waals surface area contributed by atoms with Crippen LogP contribution in [0.4, 0.5) is 10.2 Å². The van der Waals surface area contributed by atoms with Gasteiger partial charge in [-0.05, 0) is 37.6 Å². The van der Waals surface area contributed by atoms with Crippen LogP contribution in [0, 0.1) is 12.7 Å². The van der Waals surface area contributed by atoms with E-state index in [-0.39, 0.29) is 11.7 Å². The Kier molecular flexibility index (Phi) is 3.41. The molecular weight excluding hydrogens is 269 g/mol. The molecular formula is C16H16FN3O. The Morgan fingerprint density at radius 2 is 1.95 bits per heavy atom. The first kappa shape index (κ1) is 13.7. The summed E-state index contributed by atoms with van der Waals surface area (Å²) in [6.07, 6.45) is 1.24. The SMILES string of the molecule is CCCN1C(=O)Cc2c(C)nc(-c3ccc(F)cc3)nc21. The number of hydrogen-bond donors (Lipinski definition) is 0. The van der Waals surface area contributed by atoms with Crippen LogP contribution in [0.25, 0.3) is 11.4 Å². The highest BCUT2D eigenvalue weighted by molar-refractivity contribution is 6.00. The number of rotatable bonds is 3. The molecule has 1 aliphatic heterocycles. The number of benzene rings is 1. The molecule has 108 valence electrons. The minimum Gasteiger partial charge on any atom is -0.296 e. The first-order valence-electron chi connectivity index (χ1n) is 7.04. The van der Waals surface area contributed by atoms with Gasteiger partial charge in [-0.1, -0.05) is 6.92 Å². The van der Waals surface area contributed by atoms with Gasteiger partial charge in [0.1, 0.15) is 11.6 Å². The van der Waals surface area contributed by atoms with Gasteiger partial charge in [0.25, 0.3) is 0 Å². The van der Waals surface area contributed by atoms with Crippen molar-refractivity contribution in [2.75, 3.05) is 11.4 Å². The van der Waals surface area contributed by atoms with Crippen molar-refractivity contribution < 1.29 is 9.18 Å². The molecule has 2 heterocycles. The van der Waals surface area contributed by atoms with Crippen LogP contribution >= 0.6 is 0 Å². The fraction of sp³-hybridized carbons (Fsp3) is 0.312. The van der Waals surface area contributed by atoms with Crippen LogP contribution < -0.4 is 4.90 Å². The zero-order valence-corrected chi connectivity index (χ0v) is 12.1. The molecule has 1 aliphatic rings. The number of fused-ring (bicyclic) bond motifs is 1. The average molecular weight is 285 g/mol. The van der Waals surface area contributed by atoms with Crippen LogP contribution in [-0.2, 0) is 11.2 Å². The Morgan fingerprint density at radius 3 is 2.62 bits per heavy atom. The third-order valence-electron chi connectivity index (χ3n) is 3.63. The maximum absolute atomic E-state index is 13.0. The molecule has 0 radical (unpaired) electrons. The number of carbonyl (C=O) groups is 1. The lowest BCUT2D eigenvalue weighted by Crippen LogP contribution is -2.28. The van der Waals surface area contributed by atoms with E-state index in [1.807, 2.05) is 13.8 Å². The summed E-state index contributed by atoms with van der Waals surface area (Å²) in [5.41, 5.74) is 2.46. The fourth-order valence-corrected chi connectivity index (χ4v) is 2.56. The quantitative estimate of drug-likeness (QED) is 0.871. The van der Waals surface area contributed by atoms with Gasteiger partial charge in [-0.2, -0.15) is 0 Å². The van der Waals surface area contributed by atoms with Gasteiger partial charge in [0.15, 0.2) is 5.82 Å². The van der Waals surface area contributed by atoms with Gasteiger partial charge in [0.05, 0.1) is 6.42 Å². The van der Waals surface area contributed by atoms with Gasteiger partial charge in [-0.15, -0.1) is 0 Å². The first-order chi connectivity index (χ1) is 10.1. The summed E-state index contributed by atoms with van der Waals surface area (Å²) < 4.78 is 13.0. The lowest BCUT2D eigenvalue weighted by molar-refractivity contribution is -0.117. The fourth-order valence-electron chi connectivity index (χ4n) is 2.56. The molecule has 2 aromatic rings. The van der Waals surface area contributed by atoms with E-state index in [4.69, 9.17) is 0 Å². The largest absolute Gasteiger partial charge is 0.296 e. The lowest BCUT2D eigenvalue weighted by Gasteiger charge is -2.16. The van der Waals surface area contributed by atoms with E-state index in [1.54, 1.807) is 17.0 Å². The van der Waals surface area contributed by atoms with Crippen LogP contribution in [0.3, 0.4) is 0 Å². The van der Waals surface area contributed by atoms with Gasteiger partial charge < -0.3 is 0 Å². The molecule has 1 aromatic heterocycles. The average Bonchev–Trinajstić information content (AvgIpc) is 2.78. The van der Waals surface area contributed by atoms with E-state index in [1.165, 1.54) is 12.1 Å². The molecule has 0 bridgehead atoms. The molecule has 3 rings (SSSR count). The summed E-state index contributed by atoms with van der Waals surface area (Å²) in [7, 11) is 0. The molecule has 5 heteroatoms. The number of aromatic nitrogens is 2. The lowest BCUT2D eigenvalue weighted by atomic mass is 10.1. The van der Waals surface area contributed by atoms with E-state index in [2.05, 4.69) is 9.97 Å². The molecule has 4 nitrogen and oxygen atoms in total. The second-order valence-corrected chi connectivity index (χ2v) is 5.16. The van der Waals surface area contributed by atoms with Crippen molar-refractivity contribution in [2.24, 2.45) is 0 Å². The van der Waals surface area contributed by atoms with Crippen molar-refractivity contribution >= 4 is 11.7 Å². The smallest absolute Gasteiger partial charge is 0.232 e. The van der Waals surface area contributed by atoms with E-state index < -0.39 is 0 Å². The van der Waals surface area contributed by atoms with E-state index >= 15 is 0 Å². The third-order valence-corrected chi connectivity index (χ3v) is 3.63. The summed E-state index contributed by atoms with van der Waals surface area (Å²) in [6.45, 7) is 4.57. The zero-order valence-electron chi connectivity index (χ0n) is 12.1. The van der Waals surface area contributed by atoms with Gasteiger partial charge in [0.2, 0.25) is 5.91 Å². The molecule has 0 spiro atoms. The number of aryl methyl sites for hydroxylation is 1. The van der Waals surface area contributed by atoms with Gasteiger partial charge in [-0.25, -0.2) is 14.4 Å². The number of nitrogens with zero attached hydrogens (tertiary/aromatic N) is 3. The maximum atomic E-state index is 13.0. The Hall–Kier alpha value is -2.30. The van der Waals surface area contributed by atoms with Crippen molar-refractivity contribution in [2.45, 2.75) is 26.7 Å². The number of halogens is 1. The predicted molar refractivity (Wildman–Crippen MR) is 78.5 cm³/mol. The summed E-state index contributed by atoms with van der Waals surface area (Å²) in [6, 6.07) is 6.07. The summed E-state index contributed by atoms with van der Waals surface area (Å²) in [5, 5.41) is 0. The van der Waals surface area contributed by atoms with Crippen LogP contribution in [0.5, 0.6) is 0 Å². The molecule has 1 amide bonds. The maximum Gasteiger partial charge on any atom is 0.232 e.